The molecule has 5 heteroatoms. The van der Waals surface area contributed by atoms with Gasteiger partial charge in [-0.3, -0.25) is 14.4 Å². The SMILES string of the molecule is O=C(c1cccc2c1OCCO2)n1ccccc1=NC1CCCCC1. The number of rotatable bonds is 2. The topological polar surface area (TPSA) is 52.8 Å². The Hall–Kier alpha value is -2.56. The zero-order valence-electron chi connectivity index (χ0n) is 14.2. The molecule has 0 radical (unpaired) electrons. The third-order valence-corrected chi connectivity index (χ3v) is 4.74. The van der Waals surface area contributed by atoms with Crippen molar-refractivity contribution in [3.8, 4) is 11.5 Å². The van der Waals surface area contributed by atoms with E-state index in [0.717, 1.165) is 12.8 Å². The van der Waals surface area contributed by atoms with E-state index in [0.29, 0.717) is 41.8 Å². The van der Waals surface area contributed by atoms with E-state index in [1.807, 2.05) is 30.3 Å². The molecule has 1 aliphatic heterocycles. The zero-order chi connectivity index (χ0) is 17.1. The highest BCUT2D eigenvalue weighted by molar-refractivity contribution is 5.99. The van der Waals surface area contributed by atoms with Crippen LogP contribution in [0, 0.1) is 0 Å². The van der Waals surface area contributed by atoms with Crippen LogP contribution in [0.25, 0.3) is 0 Å². The molecule has 1 fully saturated rings. The average Bonchev–Trinajstić information content (AvgIpc) is 2.68. The largest absolute Gasteiger partial charge is 0.486 e. The van der Waals surface area contributed by atoms with Crippen molar-refractivity contribution in [2.24, 2.45) is 4.99 Å². The number of aromatic nitrogens is 1. The summed E-state index contributed by atoms with van der Waals surface area (Å²) in [6.45, 7) is 0.960. The van der Waals surface area contributed by atoms with Crippen LogP contribution in [0.2, 0.25) is 0 Å². The van der Waals surface area contributed by atoms with Crippen molar-refractivity contribution >= 4 is 5.91 Å². The molecule has 130 valence electrons. The van der Waals surface area contributed by atoms with Crippen LogP contribution in [-0.2, 0) is 0 Å². The van der Waals surface area contributed by atoms with Crippen molar-refractivity contribution in [3.63, 3.8) is 0 Å². The molecule has 0 bridgehead atoms. The Morgan fingerprint density at radius 2 is 1.84 bits per heavy atom. The van der Waals surface area contributed by atoms with Crippen LogP contribution in [0.15, 0.2) is 47.6 Å². The van der Waals surface area contributed by atoms with Crippen molar-refractivity contribution < 1.29 is 14.3 Å². The second kappa shape index (κ2) is 7.13. The van der Waals surface area contributed by atoms with Gasteiger partial charge in [0.25, 0.3) is 5.91 Å². The van der Waals surface area contributed by atoms with E-state index in [4.69, 9.17) is 14.5 Å². The van der Waals surface area contributed by atoms with Gasteiger partial charge in [-0.1, -0.05) is 31.4 Å². The number of hydrogen-bond acceptors (Lipinski definition) is 4. The summed E-state index contributed by atoms with van der Waals surface area (Å²) < 4.78 is 12.9. The van der Waals surface area contributed by atoms with Gasteiger partial charge in [0.05, 0.1) is 11.6 Å². The number of carbonyl (C=O) groups excluding carboxylic acids is 1. The van der Waals surface area contributed by atoms with Crippen LogP contribution in [-0.4, -0.2) is 29.7 Å². The fourth-order valence-corrected chi connectivity index (χ4v) is 3.48. The molecule has 0 unspecified atom stereocenters. The Bertz CT molecular complexity index is 835. The predicted molar refractivity (Wildman–Crippen MR) is 94.0 cm³/mol. The van der Waals surface area contributed by atoms with Gasteiger partial charge in [-0.25, -0.2) is 0 Å². The van der Waals surface area contributed by atoms with Crippen molar-refractivity contribution in [1.82, 2.24) is 4.57 Å². The summed E-state index contributed by atoms with van der Waals surface area (Å²) in [6.07, 6.45) is 7.68. The number of fused-ring (bicyclic) bond motifs is 1. The maximum atomic E-state index is 13.1. The molecular weight excluding hydrogens is 316 g/mol. The van der Waals surface area contributed by atoms with Gasteiger partial charge in [0.1, 0.15) is 18.7 Å². The van der Waals surface area contributed by atoms with E-state index in [1.54, 1.807) is 16.8 Å². The molecule has 1 aliphatic carbocycles. The van der Waals surface area contributed by atoms with E-state index in [1.165, 1.54) is 19.3 Å². The van der Waals surface area contributed by atoms with E-state index < -0.39 is 0 Å². The summed E-state index contributed by atoms with van der Waals surface area (Å²) in [5, 5.41) is 0. The van der Waals surface area contributed by atoms with Crippen LogP contribution in [0.4, 0.5) is 0 Å². The van der Waals surface area contributed by atoms with E-state index >= 15 is 0 Å². The molecule has 2 aliphatic rings. The van der Waals surface area contributed by atoms with Gasteiger partial charge in [0, 0.05) is 6.20 Å². The van der Waals surface area contributed by atoms with Crippen LogP contribution < -0.4 is 15.0 Å². The average molecular weight is 338 g/mol. The summed E-state index contributed by atoms with van der Waals surface area (Å²) >= 11 is 0. The van der Waals surface area contributed by atoms with Gasteiger partial charge in [0.15, 0.2) is 11.5 Å². The molecule has 4 rings (SSSR count). The van der Waals surface area contributed by atoms with Gasteiger partial charge in [0.2, 0.25) is 0 Å². The molecule has 1 aromatic carbocycles. The number of nitrogens with zero attached hydrogens (tertiary/aromatic N) is 2. The second-order valence-corrected chi connectivity index (χ2v) is 6.48. The molecule has 5 nitrogen and oxygen atoms in total. The first-order valence-electron chi connectivity index (χ1n) is 8.98. The van der Waals surface area contributed by atoms with E-state index in [2.05, 4.69) is 0 Å². The molecule has 0 atom stereocenters. The Morgan fingerprint density at radius 3 is 2.72 bits per heavy atom. The lowest BCUT2D eigenvalue weighted by molar-refractivity contribution is 0.0943. The lowest BCUT2D eigenvalue weighted by Gasteiger charge is -2.21. The first-order valence-corrected chi connectivity index (χ1v) is 8.98. The number of hydrogen-bond donors (Lipinski definition) is 0. The fraction of sp³-hybridized carbons (Fsp3) is 0.400. The van der Waals surface area contributed by atoms with Gasteiger partial charge in [-0.05, 0) is 37.1 Å². The lowest BCUT2D eigenvalue weighted by atomic mass is 9.96. The third kappa shape index (κ3) is 3.31. The summed E-state index contributed by atoms with van der Waals surface area (Å²) in [4.78, 5) is 18.0. The van der Waals surface area contributed by atoms with Crippen LogP contribution in [0.1, 0.15) is 42.5 Å². The molecule has 0 spiro atoms. The first-order chi connectivity index (χ1) is 12.3. The molecule has 0 saturated heterocycles. The molecular formula is C20H22N2O3. The minimum Gasteiger partial charge on any atom is -0.486 e. The summed E-state index contributed by atoms with van der Waals surface area (Å²) in [7, 11) is 0. The Labute approximate surface area is 146 Å². The number of ether oxygens (including phenoxy) is 2. The van der Waals surface area contributed by atoms with Gasteiger partial charge in [-0.15, -0.1) is 0 Å². The number of pyridine rings is 1. The fourth-order valence-electron chi connectivity index (χ4n) is 3.48. The Morgan fingerprint density at radius 1 is 1.00 bits per heavy atom. The van der Waals surface area contributed by atoms with Crippen molar-refractivity contribution in [2.75, 3.05) is 13.2 Å². The summed E-state index contributed by atoms with van der Waals surface area (Å²) in [5.41, 5.74) is 1.21. The second-order valence-electron chi connectivity index (χ2n) is 6.48. The van der Waals surface area contributed by atoms with Gasteiger partial charge < -0.3 is 9.47 Å². The number of carbonyl (C=O) groups is 1. The molecule has 0 amide bonds. The minimum atomic E-state index is -0.141. The normalized spacial score (nSPS) is 18.2. The minimum absolute atomic E-state index is 0.141. The van der Waals surface area contributed by atoms with Gasteiger partial charge >= 0.3 is 0 Å². The molecule has 1 saturated carbocycles. The number of benzene rings is 1. The highest BCUT2D eigenvalue weighted by Gasteiger charge is 2.22. The smallest absolute Gasteiger partial charge is 0.267 e. The van der Waals surface area contributed by atoms with Crippen LogP contribution >= 0.6 is 0 Å². The standard InChI is InChI=1S/C20H22N2O3/c23-20(16-9-6-10-17-19(16)25-14-13-24-17)22-12-5-4-11-18(22)21-15-7-2-1-3-8-15/h4-6,9-12,15H,1-3,7-8,13-14H2. The molecule has 1 aromatic heterocycles. The molecule has 2 aromatic rings. The third-order valence-electron chi connectivity index (χ3n) is 4.74. The first kappa shape index (κ1) is 15.9. The van der Waals surface area contributed by atoms with Crippen molar-refractivity contribution in [2.45, 2.75) is 38.1 Å². The predicted octanol–water partition coefficient (Wildman–Crippen LogP) is 3.18. The zero-order valence-corrected chi connectivity index (χ0v) is 14.2. The maximum Gasteiger partial charge on any atom is 0.267 e. The number of para-hydroxylation sites is 1. The molecule has 25 heavy (non-hydrogen) atoms. The van der Waals surface area contributed by atoms with Gasteiger partial charge in [-0.2, -0.15) is 0 Å². The Kier molecular flexibility index (Phi) is 4.55. The monoisotopic (exact) mass is 338 g/mol. The highest BCUT2D eigenvalue weighted by atomic mass is 16.6. The summed E-state index contributed by atoms with van der Waals surface area (Å²) in [5.74, 6) is 1.01. The van der Waals surface area contributed by atoms with E-state index in [-0.39, 0.29) is 5.91 Å². The molecule has 0 N–H and O–H groups in total. The summed E-state index contributed by atoms with van der Waals surface area (Å²) in [6, 6.07) is 11.4. The highest BCUT2D eigenvalue weighted by Crippen LogP contribution is 2.33. The van der Waals surface area contributed by atoms with Crippen molar-refractivity contribution in [3.05, 3.63) is 53.6 Å². The quantitative estimate of drug-likeness (QED) is 0.845. The van der Waals surface area contributed by atoms with Crippen LogP contribution in [0.3, 0.4) is 0 Å². The maximum absolute atomic E-state index is 13.1. The van der Waals surface area contributed by atoms with E-state index in [9.17, 15) is 4.79 Å². The Balaban J connectivity index is 1.73. The lowest BCUT2D eigenvalue weighted by Crippen LogP contribution is -2.30. The van der Waals surface area contributed by atoms with Crippen molar-refractivity contribution in [1.29, 1.82) is 0 Å². The van der Waals surface area contributed by atoms with Crippen LogP contribution in [0.5, 0.6) is 11.5 Å². The molecule has 2 heterocycles.